The zero-order valence-corrected chi connectivity index (χ0v) is 24.9. The second-order valence-electron chi connectivity index (χ2n) is 10.5. The van der Waals surface area contributed by atoms with Gasteiger partial charge in [-0.05, 0) is 79.4 Å². The van der Waals surface area contributed by atoms with E-state index in [0.717, 1.165) is 32.7 Å². The number of Topliss-reactive ketones (excluding diaryl/α,β-unsaturated/α-hetero) is 1. The van der Waals surface area contributed by atoms with Gasteiger partial charge in [0.2, 0.25) is 5.75 Å². The maximum Gasteiger partial charge on any atom is 0.301 e. The van der Waals surface area contributed by atoms with E-state index in [-0.39, 0.29) is 17.4 Å². The van der Waals surface area contributed by atoms with Crippen molar-refractivity contribution in [1.29, 1.82) is 0 Å². The van der Waals surface area contributed by atoms with Gasteiger partial charge in [-0.15, -0.1) is 0 Å². The summed E-state index contributed by atoms with van der Waals surface area (Å²) in [7, 11) is 4.48. The van der Waals surface area contributed by atoms with Gasteiger partial charge >= 0.3 is 5.91 Å². The van der Waals surface area contributed by atoms with Crippen LogP contribution in [0.5, 0.6) is 23.0 Å². The molecule has 4 aromatic rings. The van der Waals surface area contributed by atoms with E-state index in [2.05, 4.69) is 0 Å². The Labute approximate surface area is 246 Å². The molecule has 1 aromatic heterocycles. The first kappa shape index (κ1) is 27.6. The number of aromatic nitrogens is 1. The van der Waals surface area contributed by atoms with E-state index >= 15 is 0 Å². The summed E-state index contributed by atoms with van der Waals surface area (Å²) in [5.74, 6) is -0.107. The van der Waals surface area contributed by atoms with Crippen LogP contribution in [-0.2, 0) is 16.0 Å². The number of anilines is 1. The zero-order chi connectivity index (χ0) is 29.9. The smallest absolute Gasteiger partial charge is 0.301 e. The summed E-state index contributed by atoms with van der Waals surface area (Å²) in [6.07, 6.45) is 0.680. The van der Waals surface area contributed by atoms with Crippen molar-refractivity contribution in [3.63, 3.8) is 0 Å². The van der Waals surface area contributed by atoms with Crippen molar-refractivity contribution in [2.24, 2.45) is 0 Å². The Balaban J connectivity index is 1.60. The number of ether oxygens (including phenoxy) is 4. The Morgan fingerprint density at radius 2 is 1.74 bits per heavy atom. The van der Waals surface area contributed by atoms with Crippen LogP contribution in [0.1, 0.15) is 40.8 Å². The van der Waals surface area contributed by atoms with Crippen molar-refractivity contribution < 1.29 is 33.6 Å². The van der Waals surface area contributed by atoms with Gasteiger partial charge in [0, 0.05) is 12.0 Å². The van der Waals surface area contributed by atoms with Crippen LogP contribution in [0, 0.1) is 13.8 Å². The highest BCUT2D eigenvalue weighted by atomic mass is 32.1. The fourth-order valence-electron chi connectivity index (χ4n) is 5.79. The van der Waals surface area contributed by atoms with Gasteiger partial charge in [0.1, 0.15) is 17.6 Å². The molecule has 1 fully saturated rings. The molecule has 3 aromatic carbocycles. The number of aryl methyl sites for hydroxylation is 2. The minimum atomic E-state index is -1.02. The molecule has 0 aliphatic carbocycles. The molecule has 1 saturated heterocycles. The highest BCUT2D eigenvalue weighted by Crippen LogP contribution is 2.48. The van der Waals surface area contributed by atoms with Crippen molar-refractivity contribution in [2.75, 3.05) is 26.2 Å². The lowest BCUT2D eigenvalue weighted by molar-refractivity contribution is -0.132. The SMILES string of the molecule is COc1cc(C2/C(=C(\O)c3ccc4c(c3)CC(C)O4)C(=O)C(=O)N2c2nc3c(C)cc(C)cc3s2)cc(OC)c1OC. The second-order valence-corrected chi connectivity index (χ2v) is 11.5. The molecule has 0 saturated carbocycles. The van der Waals surface area contributed by atoms with Crippen molar-refractivity contribution in [3.05, 3.63) is 75.9 Å². The summed E-state index contributed by atoms with van der Waals surface area (Å²) in [5.41, 5.74) is 4.53. The molecule has 0 spiro atoms. The van der Waals surface area contributed by atoms with Crippen LogP contribution in [0.15, 0.2) is 48.0 Å². The van der Waals surface area contributed by atoms with Crippen LogP contribution in [-0.4, -0.2) is 49.2 Å². The molecule has 2 unspecified atom stereocenters. The quantitative estimate of drug-likeness (QED) is 0.169. The van der Waals surface area contributed by atoms with Crippen LogP contribution >= 0.6 is 11.3 Å². The highest BCUT2D eigenvalue weighted by molar-refractivity contribution is 7.22. The van der Waals surface area contributed by atoms with Gasteiger partial charge in [-0.1, -0.05) is 17.4 Å². The molecular formula is C32H30N2O7S. The van der Waals surface area contributed by atoms with Gasteiger partial charge in [0.25, 0.3) is 5.78 Å². The minimum Gasteiger partial charge on any atom is -0.507 e. The Morgan fingerprint density at radius 1 is 1.02 bits per heavy atom. The number of nitrogens with zero attached hydrogens (tertiary/aromatic N) is 2. The number of aliphatic hydroxyl groups excluding tert-OH is 1. The first-order valence-corrected chi connectivity index (χ1v) is 14.3. The Hall–Kier alpha value is -4.57. The fourth-order valence-corrected chi connectivity index (χ4v) is 6.96. The molecule has 2 aliphatic heterocycles. The van der Waals surface area contributed by atoms with Crippen molar-refractivity contribution in [2.45, 2.75) is 39.3 Å². The van der Waals surface area contributed by atoms with E-state index < -0.39 is 17.7 Å². The van der Waals surface area contributed by atoms with Gasteiger partial charge in [-0.2, -0.15) is 0 Å². The van der Waals surface area contributed by atoms with E-state index in [4.69, 9.17) is 23.9 Å². The van der Waals surface area contributed by atoms with Crippen LogP contribution in [0.25, 0.3) is 16.0 Å². The number of amides is 1. The predicted octanol–water partition coefficient (Wildman–Crippen LogP) is 5.89. The molecule has 216 valence electrons. The first-order valence-electron chi connectivity index (χ1n) is 13.4. The van der Waals surface area contributed by atoms with Gasteiger partial charge in [0.15, 0.2) is 16.6 Å². The van der Waals surface area contributed by atoms with E-state index in [0.29, 0.717) is 39.9 Å². The molecule has 9 nitrogen and oxygen atoms in total. The van der Waals surface area contributed by atoms with Crippen LogP contribution in [0.4, 0.5) is 5.13 Å². The van der Waals surface area contributed by atoms with Gasteiger partial charge in [0.05, 0.1) is 43.2 Å². The Bertz CT molecular complexity index is 1780. The number of ketones is 1. The fraction of sp³-hybridized carbons (Fsp3) is 0.281. The number of methoxy groups -OCH3 is 3. The van der Waals surface area contributed by atoms with E-state index in [1.54, 1.807) is 30.3 Å². The van der Waals surface area contributed by atoms with Crippen LogP contribution in [0.3, 0.4) is 0 Å². The molecule has 0 radical (unpaired) electrons. The summed E-state index contributed by atoms with van der Waals surface area (Å²) < 4.78 is 23.4. The number of hydrogen-bond acceptors (Lipinski definition) is 9. The summed E-state index contributed by atoms with van der Waals surface area (Å²) in [6.45, 7) is 5.93. The molecule has 3 heterocycles. The molecule has 2 aliphatic rings. The largest absolute Gasteiger partial charge is 0.507 e. The van der Waals surface area contributed by atoms with Crippen molar-refractivity contribution >= 4 is 44.1 Å². The summed E-state index contributed by atoms with van der Waals surface area (Å²) >= 11 is 1.31. The average molecular weight is 587 g/mol. The maximum atomic E-state index is 13.8. The first-order chi connectivity index (χ1) is 20.1. The summed E-state index contributed by atoms with van der Waals surface area (Å²) in [6, 6.07) is 11.6. The second kappa shape index (κ2) is 10.4. The number of thiazole rings is 1. The molecule has 6 rings (SSSR count). The van der Waals surface area contributed by atoms with Gasteiger partial charge < -0.3 is 24.1 Å². The van der Waals surface area contributed by atoms with Gasteiger partial charge in [-0.3, -0.25) is 14.5 Å². The summed E-state index contributed by atoms with van der Waals surface area (Å²) in [5, 5.41) is 12.1. The van der Waals surface area contributed by atoms with Gasteiger partial charge in [-0.25, -0.2) is 4.98 Å². The third kappa shape index (κ3) is 4.34. The monoisotopic (exact) mass is 586 g/mol. The number of carbonyl (C=O) groups is 2. The standard InChI is InChI=1S/C32H30N2O7S/c1-15-9-16(2)26-24(10-15)42-32(33-26)34-27(20-13-22(38-4)30(40-6)23(14-20)39-5)25(29(36)31(34)37)28(35)18-7-8-21-19(12-18)11-17(3)41-21/h7-10,12-14,17,27,35H,11H2,1-6H3/b28-25+. The lowest BCUT2D eigenvalue weighted by Crippen LogP contribution is -2.29. The minimum absolute atomic E-state index is 0.00772. The third-order valence-electron chi connectivity index (χ3n) is 7.64. The number of rotatable bonds is 6. The number of hydrogen-bond donors (Lipinski definition) is 1. The molecular weight excluding hydrogens is 556 g/mol. The Morgan fingerprint density at radius 3 is 2.40 bits per heavy atom. The van der Waals surface area contributed by atoms with E-state index in [1.165, 1.54) is 37.6 Å². The van der Waals surface area contributed by atoms with E-state index in [9.17, 15) is 14.7 Å². The average Bonchev–Trinajstić information content (AvgIpc) is 3.64. The highest BCUT2D eigenvalue weighted by Gasteiger charge is 2.49. The lowest BCUT2D eigenvalue weighted by Gasteiger charge is -2.24. The van der Waals surface area contributed by atoms with E-state index in [1.807, 2.05) is 32.9 Å². The zero-order valence-electron chi connectivity index (χ0n) is 24.1. The maximum absolute atomic E-state index is 13.8. The van der Waals surface area contributed by atoms with Crippen molar-refractivity contribution in [3.8, 4) is 23.0 Å². The number of carbonyl (C=O) groups excluding carboxylic acids is 2. The van der Waals surface area contributed by atoms with Crippen LogP contribution in [0.2, 0.25) is 0 Å². The molecule has 0 bridgehead atoms. The molecule has 2 atom stereocenters. The van der Waals surface area contributed by atoms with Crippen molar-refractivity contribution in [1.82, 2.24) is 4.98 Å². The number of aliphatic hydroxyl groups is 1. The van der Waals surface area contributed by atoms with Crippen LogP contribution < -0.4 is 23.8 Å². The Kier molecular flexibility index (Phi) is 6.81. The molecule has 1 amide bonds. The predicted molar refractivity (Wildman–Crippen MR) is 160 cm³/mol. The number of fused-ring (bicyclic) bond motifs is 2. The lowest BCUT2D eigenvalue weighted by atomic mass is 9.94. The number of benzene rings is 3. The molecule has 42 heavy (non-hydrogen) atoms. The summed E-state index contributed by atoms with van der Waals surface area (Å²) in [4.78, 5) is 33.8. The topological polar surface area (TPSA) is 107 Å². The third-order valence-corrected chi connectivity index (χ3v) is 8.64. The normalized spacial score (nSPS) is 19.2. The molecule has 10 heteroatoms. The molecule has 1 N–H and O–H groups in total.